The highest BCUT2D eigenvalue weighted by atomic mass is 16.5. The third kappa shape index (κ3) is 3.68. The molecular weight excluding hydrogens is 324 g/mol. The van der Waals surface area contributed by atoms with E-state index in [4.69, 9.17) is 9.47 Å². The maximum Gasteiger partial charge on any atom is 0.328 e. The predicted octanol–water partition coefficient (Wildman–Crippen LogP) is 0.937. The number of hydrogen-bond donors (Lipinski definition) is 1. The van der Waals surface area contributed by atoms with Gasteiger partial charge in [-0.1, -0.05) is 30.3 Å². The number of benzene rings is 1. The van der Waals surface area contributed by atoms with Crippen LogP contribution >= 0.6 is 0 Å². The zero-order valence-corrected chi connectivity index (χ0v) is 14.4. The fourth-order valence-electron chi connectivity index (χ4n) is 3.73. The van der Waals surface area contributed by atoms with E-state index in [2.05, 4.69) is 17.0 Å². The van der Waals surface area contributed by atoms with Gasteiger partial charge in [0.15, 0.2) is 6.04 Å². The van der Waals surface area contributed by atoms with E-state index in [0.29, 0.717) is 12.8 Å². The largest absolute Gasteiger partial charge is 0.480 e. The molecule has 1 atom stereocenters. The second-order valence-corrected chi connectivity index (χ2v) is 6.57. The van der Waals surface area contributed by atoms with Crippen molar-refractivity contribution < 1.29 is 24.2 Å². The lowest BCUT2D eigenvalue weighted by Crippen LogP contribution is -2.58. The van der Waals surface area contributed by atoms with Crippen LogP contribution in [0, 0.1) is 0 Å². The average molecular weight is 348 g/mol. The molecule has 1 aromatic carbocycles. The van der Waals surface area contributed by atoms with E-state index in [1.807, 2.05) is 18.2 Å². The number of rotatable bonds is 5. The van der Waals surface area contributed by atoms with Crippen LogP contribution in [-0.2, 0) is 25.6 Å². The molecule has 7 nitrogen and oxygen atoms in total. The van der Waals surface area contributed by atoms with Crippen molar-refractivity contribution in [1.29, 1.82) is 0 Å². The number of nitrogens with zero attached hydrogens (tertiary/aromatic N) is 2. The number of piperidine rings is 1. The summed E-state index contributed by atoms with van der Waals surface area (Å²) in [5.74, 6) is -1.36. The Hall–Kier alpha value is -1.96. The number of methoxy groups -OCH3 is 1. The second-order valence-electron chi connectivity index (χ2n) is 6.57. The molecule has 25 heavy (non-hydrogen) atoms. The minimum Gasteiger partial charge on any atom is -0.480 e. The molecule has 0 aliphatic carbocycles. The first kappa shape index (κ1) is 17.8. The van der Waals surface area contributed by atoms with E-state index in [1.165, 1.54) is 17.6 Å². The minimum absolute atomic E-state index is 0.0312. The average Bonchev–Trinajstić information content (AvgIpc) is 2.98. The summed E-state index contributed by atoms with van der Waals surface area (Å²) in [7, 11) is 1.43. The van der Waals surface area contributed by atoms with Crippen LogP contribution in [0.1, 0.15) is 18.4 Å². The summed E-state index contributed by atoms with van der Waals surface area (Å²) in [5, 5.41) is 9.44. The van der Waals surface area contributed by atoms with Gasteiger partial charge in [-0.15, -0.1) is 0 Å². The topological polar surface area (TPSA) is 79.3 Å². The van der Waals surface area contributed by atoms with Crippen molar-refractivity contribution in [2.24, 2.45) is 0 Å². The molecular formula is C18H24N2O5. The molecule has 0 radical (unpaired) electrons. The number of amides is 1. The van der Waals surface area contributed by atoms with Gasteiger partial charge in [0.1, 0.15) is 12.3 Å². The van der Waals surface area contributed by atoms with Gasteiger partial charge in [0.25, 0.3) is 5.91 Å². The van der Waals surface area contributed by atoms with E-state index in [1.54, 1.807) is 0 Å². The summed E-state index contributed by atoms with van der Waals surface area (Å²) < 4.78 is 10.8. The van der Waals surface area contributed by atoms with Gasteiger partial charge in [0.2, 0.25) is 0 Å². The number of carboxylic acids is 1. The van der Waals surface area contributed by atoms with Crippen LogP contribution in [0.2, 0.25) is 0 Å². The fourth-order valence-corrected chi connectivity index (χ4v) is 3.73. The fraction of sp³-hybridized carbons (Fsp3) is 0.556. The summed E-state index contributed by atoms with van der Waals surface area (Å²) in [6.07, 6.45) is 1.19. The molecule has 0 bridgehead atoms. The summed E-state index contributed by atoms with van der Waals surface area (Å²) in [4.78, 5) is 27.7. The molecule has 7 heteroatoms. The third-order valence-corrected chi connectivity index (χ3v) is 4.97. The Morgan fingerprint density at radius 1 is 1.28 bits per heavy atom. The SMILES string of the molecule is COCC(=O)N1[C@H](C(=O)O)COC12CCN(Cc1ccccc1)CC2. The smallest absolute Gasteiger partial charge is 0.328 e. The van der Waals surface area contributed by atoms with Gasteiger partial charge in [0.05, 0.1) is 6.61 Å². The Balaban J connectivity index is 1.69. The highest BCUT2D eigenvalue weighted by Gasteiger charge is 2.53. The zero-order chi connectivity index (χ0) is 17.9. The first-order chi connectivity index (χ1) is 12.1. The maximum absolute atomic E-state index is 12.5. The molecule has 1 amide bonds. The first-order valence-corrected chi connectivity index (χ1v) is 8.50. The highest BCUT2D eigenvalue weighted by molar-refractivity contribution is 5.85. The van der Waals surface area contributed by atoms with Crippen LogP contribution < -0.4 is 0 Å². The summed E-state index contributed by atoms with van der Waals surface area (Å²) in [6.45, 7) is 2.23. The monoisotopic (exact) mass is 348 g/mol. The van der Waals surface area contributed by atoms with Crippen LogP contribution in [0.3, 0.4) is 0 Å². The standard InChI is InChI=1S/C18H24N2O5/c1-24-13-16(21)20-15(17(22)23)12-25-18(20)7-9-19(10-8-18)11-14-5-3-2-4-6-14/h2-6,15H,7-13H2,1H3,(H,22,23)/t15-/m0/s1. The normalized spacial score (nSPS) is 23.1. The van der Waals surface area contributed by atoms with Crippen molar-refractivity contribution in [3.8, 4) is 0 Å². The lowest BCUT2D eigenvalue weighted by molar-refractivity contribution is -0.169. The van der Waals surface area contributed by atoms with Gasteiger partial charge in [0, 0.05) is 39.6 Å². The number of aliphatic carboxylic acids is 1. The van der Waals surface area contributed by atoms with Gasteiger partial charge in [-0.05, 0) is 5.56 Å². The molecule has 2 aliphatic heterocycles. The molecule has 0 aromatic heterocycles. The predicted molar refractivity (Wildman–Crippen MR) is 89.8 cm³/mol. The van der Waals surface area contributed by atoms with Crippen molar-refractivity contribution in [3.05, 3.63) is 35.9 Å². The van der Waals surface area contributed by atoms with Crippen molar-refractivity contribution in [1.82, 2.24) is 9.80 Å². The number of hydrogen-bond acceptors (Lipinski definition) is 5. The summed E-state index contributed by atoms with van der Waals surface area (Å²) >= 11 is 0. The van der Waals surface area contributed by atoms with Crippen molar-refractivity contribution in [2.45, 2.75) is 31.2 Å². The maximum atomic E-state index is 12.5. The van der Waals surface area contributed by atoms with Crippen molar-refractivity contribution in [3.63, 3.8) is 0 Å². The molecule has 1 spiro atoms. The molecule has 2 heterocycles. The molecule has 0 unspecified atom stereocenters. The van der Waals surface area contributed by atoms with E-state index in [-0.39, 0.29) is 19.1 Å². The van der Waals surface area contributed by atoms with Crippen molar-refractivity contribution >= 4 is 11.9 Å². The lowest BCUT2D eigenvalue weighted by atomic mass is 9.97. The summed E-state index contributed by atoms with van der Waals surface area (Å²) in [5.41, 5.74) is 0.410. The first-order valence-electron chi connectivity index (χ1n) is 8.50. The molecule has 1 aromatic rings. The van der Waals surface area contributed by atoms with Crippen LogP contribution in [-0.4, -0.2) is 72.0 Å². The van der Waals surface area contributed by atoms with Gasteiger partial charge in [-0.25, -0.2) is 4.79 Å². The molecule has 1 N–H and O–H groups in total. The van der Waals surface area contributed by atoms with Gasteiger partial charge >= 0.3 is 5.97 Å². The number of ether oxygens (including phenoxy) is 2. The van der Waals surface area contributed by atoms with Crippen molar-refractivity contribution in [2.75, 3.05) is 33.4 Å². The quantitative estimate of drug-likeness (QED) is 0.853. The van der Waals surface area contributed by atoms with E-state index >= 15 is 0 Å². The van der Waals surface area contributed by atoms with E-state index < -0.39 is 17.7 Å². The van der Waals surface area contributed by atoms with Crippen LogP contribution in [0.25, 0.3) is 0 Å². The number of carbonyl (C=O) groups excluding carboxylic acids is 1. The summed E-state index contributed by atoms with van der Waals surface area (Å²) in [6, 6.07) is 9.26. The van der Waals surface area contributed by atoms with Crippen LogP contribution in [0.4, 0.5) is 0 Å². The van der Waals surface area contributed by atoms with E-state index in [0.717, 1.165) is 19.6 Å². The van der Waals surface area contributed by atoms with Crippen LogP contribution in [0.5, 0.6) is 0 Å². The Kier molecular flexibility index (Phi) is 5.36. The van der Waals surface area contributed by atoms with E-state index in [9.17, 15) is 14.7 Å². The molecule has 136 valence electrons. The zero-order valence-electron chi connectivity index (χ0n) is 14.4. The Labute approximate surface area is 147 Å². The second kappa shape index (κ2) is 7.51. The molecule has 2 saturated heterocycles. The Morgan fingerprint density at radius 2 is 1.96 bits per heavy atom. The number of carbonyl (C=O) groups is 2. The van der Waals surface area contributed by atoms with Gasteiger partial charge in [-0.3, -0.25) is 14.6 Å². The highest BCUT2D eigenvalue weighted by Crippen LogP contribution is 2.37. The number of carboxylic acid groups (broad SMARTS) is 1. The van der Waals surface area contributed by atoms with Gasteiger partial charge < -0.3 is 14.6 Å². The molecule has 2 aliphatic rings. The Morgan fingerprint density at radius 3 is 2.56 bits per heavy atom. The molecule has 3 rings (SSSR count). The lowest BCUT2D eigenvalue weighted by Gasteiger charge is -2.44. The third-order valence-electron chi connectivity index (χ3n) is 4.97. The number of likely N-dealkylation sites (tertiary alicyclic amines) is 1. The van der Waals surface area contributed by atoms with Gasteiger partial charge in [-0.2, -0.15) is 0 Å². The Bertz CT molecular complexity index is 613. The molecule has 2 fully saturated rings. The minimum atomic E-state index is -1.03. The molecule has 0 saturated carbocycles. The van der Waals surface area contributed by atoms with Crippen LogP contribution in [0.15, 0.2) is 30.3 Å².